The monoisotopic (exact) mass is 1070 g/mol. The van der Waals surface area contributed by atoms with Crippen molar-refractivity contribution in [2.24, 2.45) is 0 Å². The van der Waals surface area contributed by atoms with Crippen LogP contribution >= 0.6 is 0 Å². The quantitative estimate of drug-likeness (QED) is 0.0403. The van der Waals surface area contributed by atoms with Crippen LogP contribution in [0.5, 0.6) is 5.75 Å². The Kier molecular flexibility index (Phi) is 20.7. The van der Waals surface area contributed by atoms with Crippen LogP contribution in [-0.4, -0.2) is 168 Å². The van der Waals surface area contributed by atoms with Crippen molar-refractivity contribution in [3.63, 3.8) is 0 Å². The molecule has 3 aromatic carbocycles. The average Bonchev–Trinajstić information content (AvgIpc) is 4.17. The third-order valence-corrected chi connectivity index (χ3v) is 12.4. The number of nitrogen functional groups attached to an aromatic ring is 2. The fourth-order valence-electron chi connectivity index (χ4n) is 8.24. The van der Waals surface area contributed by atoms with E-state index in [9.17, 15) is 29.1 Å². The molecule has 1 saturated heterocycles. The predicted octanol–water partition coefficient (Wildman–Crippen LogP) is 3.07. The van der Waals surface area contributed by atoms with Gasteiger partial charge in [0, 0.05) is 74.6 Å². The van der Waals surface area contributed by atoms with Crippen LogP contribution in [0.4, 0.5) is 27.9 Å². The van der Waals surface area contributed by atoms with E-state index in [-0.39, 0.29) is 73.2 Å². The van der Waals surface area contributed by atoms with Crippen molar-refractivity contribution in [3.8, 4) is 28.3 Å². The van der Waals surface area contributed by atoms with Crippen molar-refractivity contribution in [3.05, 3.63) is 95.3 Å². The first kappa shape index (κ1) is 57.3. The summed E-state index contributed by atoms with van der Waals surface area (Å²) in [5.74, 6) is -0.568. The molecule has 25 heteroatoms. The van der Waals surface area contributed by atoms with E-state index in [2.05, 4.69) is 58.5 Å². The number of ketones is 1. The number of hydrogen-bond acceptors (Lipinski definition) is 19. The molecule has 3 aromatic heterocycles. The van der Waals surface area contributed by atoms with Crippen LogP contribution in [0.25, 0.3) is 33.7 Å². The third kappa shape index (κ3) is 15.9. The number of amides is 5. The molecular weight excluding hydrogens is 1010 g/mol. The Labute approximate surface area is 450 Å². The van der Waals surface area contributed by atoms with Crippen molar-refractivity contribution >= 4 is 63.8 Å². The second kappa shape index (κ2) is 28.1. The molecule has 10 N–H and O–H groups in total. The molecular formula is C53H67N15O10. The maximum atomic E-state index is 14.1. The van der Waals surface area contributed by atoms with Gasteiger partial charge in [-0.15, -0.1) is 0 Å². The van der Waals surface area contributed by atoms with Crippen molar-refractivity contribution in [2.45, 2.75) is 46.2 Å². The number of phenolic OH excluding ortho intramolecular Hbond substituents is 1. The third-order valence-electron chi connectivity index (χ3n) is 12.4. The van der Waals surface area contributed by atoms with Crippen LogP contribution in [0.15, 0.2) is 72.9 Å². The van der Waals surface area contributed by atoms with Gasteiger partial charge in [0.05, 0.1) is 87.3 Å². The summed E-state index contributed by atoms with van der Waals surface area (Å²) in [5, 5.41) is 27.8. The molecule has 6 aromatic rings. The normalized spacial score (nSPS) is 13.2. The van der Waals surface area contributed by atoms with Crippen molar-refractivity contribution in [2.75, 3.05) is 114 Å². The van der Waals surface area contributed by atoms with Crippen LogP contribution in [-0.2, 0) is 35.1 Å². The zero-order chi connectivity index (χ0) is 55.6. The topological polar surface area (TPSA) is 331 Å². The zero-order valence-electron chi connectivity index (χ0n) is 44.2. The molecule has 25 nitrogen and oxygen atoms in total. The van der Waals surface area contributed by atoms with E-state index in [0.29, 0.717) is 128 Å². The Bertz CT molecular complexity index is 3020. The average molecular weight is 1070 g/mol. The number of anilines is 4. The van der Waals surface area contributed by atoms with Gasteiger partial charge >= 0.3 is 6.03 Å². The molecule has 4 heterocycles. The number of aromatic hydroxyl groups is 1. The van der Waals surface area contributed by atoms with Gasteiger partial charge in [-0.3, -0.25) is 29.3 Å². The van der Waals surface area contributed by atoms with Gasteiger partial charge in [-0.25, -0.2) is 19.8 Å². The summed E-state index contributed by atoms with van der Waals surface area (Å²) < 4.78 is 23.5. The van der Waals surface area contributed by atoms with Crippen LogP contribution in [0.3, 0.4) is 0 Å². The number of benzene rings is 3. The van der Waals surface area contributed by atoms with Gasteiger partial charge in [-0.1, -0.05) is 12.1 Å². The number of urea groups is 1. The van der Waals surface area contributed by atoms with Crippen LogP contribution in [0.2, 0.25) is 0 Å². The zero-order valence-corrected chi connectivity index (χ0v) is 44.2. The lowest BCUT2D eigenvalue weighted by Crippen LogP contribution is -2.49. The standard InChI is InChI=1S/C46H59N9O10.C7H8N6/c1-4-53(3)34-13-9-33(10-14-34)45(60)49-31(2)8-17-38(57)47-18-22-62-26-28-65-29-27-63-23-19-48-39(58)30-55-43(32-11-15-35(56)16-12-32)41-42(51-55)36-6-5-7-37(40(36)44(41)59)50-46(61)52-54-20-24-64-25-21-54;1-3-2-10-6-4(11-3)5(8)12-7(9)13-6/h5-7,9-16,31,56H,4,8,17-30H2,1-3H3,(H,47,57)(H,48,58)(H,49,60)(H2,50,52,61);2H,1H3,(H4,8,9,10,12,13)/t31-;/m1./s1. The van der Waals surface area contributed by atoms with E-state index in [1.807, 2.05) is 33.0 Å². The molecule has 0 unspecified atom stereocenters. The number of aryl methyl sites for hydroxylation is 1. The number of ether oxygens (including phenoxy) is 4. The van der Waals surface area contributed by atoms with Gasteiger partial charge in [0.25, 0.3) is 5.91 Å². The summed E-state index contributed by atoms with van der Waals surface area (Å²) in [5.41, 5.74) is 19.9. The predicted molar refractivity (Wildman–Crippen MR) is 291 cm³/mol. The van der Waals surface area contributed by atoms with Gasteiger partial charge in [0.1, 0.15) is 18.0 Å². The summed E-state index contributed by atoms with van der Waals surface area (Å²) in [7, 11) is 1.99. The Morgan fingerprint density at radius 2 is 1.51 bits per heavy atom. The first-order chi connectivity index (χ1) is 37.7. The maximum absolute atomic E-state index is 14.1. The molecule has 1 aliphatic carbocycles. The van der Waals surface area contributed by atoms with Gasteiger partial charge in [0.15, 0.2) is 22.8 Å². The Morgan fingerprint density at radius 1 is 0.846 bits per heavy atom. The lowest BCUT2D eigenvalue weighted by molar-refractivity contribution is -0.122. The summed E-state index contributed by atoms with van der Waals surface area (Å²) in [6.07, 6.45) is 2.39. The van der Waals surface area contributed by atoms with Crippen LogP contribution < -0.4 is 43.1 Å². The number of nitrogens with two attached hydrogens (primary N) is 2. The van der Waals surface area contributed by atoms with Crippen LogP contribution in [0.1, 0.15) is 58.7 Å². The van der Waals surface area contributed by atoms with Crippen molar-refractivity contribution in [1.29, 1.82) is 0 Å². The number of nitrogens with zero attached hydrogens (tertiary/aromatic N) is 8. The van der Waals surface area contributed by atoms with E-state index in [0.717, 1.165) is 17.9 Å². The first-order valence-corrected chi connectivity index (χ1v) is 25.6. The molecule has 0 radical (unpaired) electrons. The molecule has 8 rings (SSSR count). The number of hydrazine groups is 1. The van der Waals surface area contributed by atoms with E-state index < -0.39 is 6.03 Å². The van der Waals surface area contributed by atoms with Crippen LogP contribution in [0, 0.1) is 6.92 Å². The molecule has 1 atom stereocenters. The van der Waals surface area contributed by atoms with E-state index in [1.54, 1.807) is 53.7 Å². The van der Waals surface area contributed by atoms with E-state index >= 15 is 0 Å². The van der Waals surface area contributed by atoms with Gasteiger partial charge in [0.2, 0.25) is 17.8 Å². The number of fused-ring (bicyclic) bond motifs is 4. The minimum absolute atomic E-state index is 0.0410. The minimum atomic E-state index is -0.489. The number of carbonyl (C=O) groups excluding carboxylic acids is 5. The van der Waals surface area contributed by atoms with Crippen molar-refractivity contribution in [1.82, 2.24) is 56.1 Å². The number of rotatable bonds is 24. The smallest absolute Gasteiger partial charge is 0.333 e. The lowest BCUT2D eigenvalue weighted by atomic mass is 10.0. The van der Waals surface area contributed by atoms with Crippen molar-refractivity contribution < 1.29 is 48.0 Å². The molecule has 1 aliphatic heterocycles. The molecule has 0 spiro atoms. The Hall–Kier alpha value is -8.36. The molecule has 0 bridgehead atoms. The molecule has 5 amide bonds. The Balaban J connectivity index is 0.000000588. The number of hydrogen-bond donors (Lipinski definition) is 8. The summed E-state index contributed by atoms with van der Waals surface area (Å²) in [6, 6.07) is 18.2. The molecule has 2 aliphatic rings. The number of aromatic nitrogens is 6. The highest BCUT2D eigenvalue weighted by molar-refractivity contribution is 6.27. The summed E-state index contributed by atoms with van der Waals surface area (Å²) in [4.78, 5) is 82.9. The Morgan fingerprint density at radius 3 is 2.19 bits per heavy atom. The molecule has 1 fully saturated rings. The van der Waals surface area contributed by atoms with Gasteiger partial charge < -0.3 is 61.7 Å². The molecule has 0 saturated carbocycles. The SMILES string of the molecule is CCN(C)c1ccc(C(=O)N[C@H](C)CCC(=O)NCCOCCOCCOCCNC(=O)Cn2nc3c(c2-c2ccc(O)cc2)C(=O)c2c(NC(=O)NN4CCOCC4)cccc2-3)cc1.Cc1cnc2nc(N)nc(N)c2n1. The maximum Gasteiger partial charge on any atom is 0.333 e. The highest BCUT2D eigenvalue weighted by Gasteiger charge is 2.37. The fourth-order valence-corrected chi connectivity index (χ4v) is 8.24. The lowest BCUT2D eigenvalue weighted by Gasteiger charge is -2.27. The second-order valence-corrected chi connectivity index (χ2v) is 18.2. The number of morpholine rings is 1. The summed E-state index contributed by atoms with van der Waals surface area (Å²) in [6.45, 7) is 11.0. The van der Waals surface area contributed by atoms with E-state index in [1.165, 1.54) is 16.8 Å². The second-order valence-electron chi connectivity index (χ2n) is 18.2. The molecule has 414 valence electrons. The largest absolute Gasteiger partial charge is 0.508 e. The number of phenols is 1. The van der Waals surface area contributed by atoms with Gasteiger partial charge in [-0.2, -0.15) is 15.1 Å². The first-order valence-electron chi connectivity index (χ1n) is 25.6. The van der Waals surface area contributed by atoms with E-state index in [4.69, 9.17) is 35.5 Å². The summed E-state index contributed by atoms with van der Waals surface area (Å²) >= 11 is 0. The van der Waals surface area contributed by atoms with Gasteiger partial charge in [-0.05, 0) is 81.8 Å². The number of nitrogens with one attached hydrogen (secondary N) is 5. The highest BCUT2D eigenvalue weighted by Crippen LogP contribution is 2.44. The minimum Gasteiger partial charge on any atom is -0.508 e. The highest BCUT2D eigenvalue weighted by atomic mass is 16.5. The molecule has 78 heavy (non-hydrogen) atoms. The number of carbonyl (C=O) groups is 5. The fraction of sp³-hybridized carbons (Fsp3) is 0.396.